The molecule has 3 heteroatoms. The average Bonchev–Trinajstić information content (AvgIpc) is 3.46. The predicted molar refractivity (Wildman–Crippen MR) is 109 cm³/mol. The quantitative estimate of drug-likeness (QED) is 0.844. The normalized spacial score (nSPS) is 18.9. The summed E-state index contributed by atoms with van der Waals surface area (Å²) in [5.41, 5.74) is 5.94. The van der Waals surface area contributed by atoms with E-state index in [9.17, 15) is 4.79 Å². The molecule has 0 spiro atoms. The van der Waals surface area contributed by atoms with Crippen molar-refractivity contribution in [3.63, 3.8) is 0 Å². The Labute approximate surface area is 162 Å². The number of benzene rings is 2. The molecular weight excluding hydrogens is 334 g/mol. The van der Waals surface area contributed by atoms with Gasteiger partial charge in [0, 0.05) is 19.3 Å². The summed E-state index contributed by atoms with van der Waals surface area (Å²) in [4.78, 5) is 13.2. The maximum atomic E-state index is 13.2. The number of aryl methyl sites for hydroxylation is 2. The highest BCUT2D eigenvalue weighted by Crippen LogP contribution is 2.38. The van der Waals surface area contributed by atoms with Gasteiger partial charge < -0.3 is 10.1 Å². The molecule has 0 unspecified atom stereocenters. The Morgan fingerprint density at radius 1 is 1.07 bits per heavy atom. The largest absolute Gasteiger partial charge is 0.381 e. The summed E-state index contributed by atoms with van der Waals surface area (Å²) in [6, 6.07) is 15.6. The van der Waals surface area contributed by atoms with Gasteiger partial charge in [-0.3, -0.25) is 4.79 Å². The van der Waals surface area contributed by atoms with Crippen LogP contribution in [0.25, 0.3) is 11.1 Å². The first-order chi connectivity index (χ1) is 13.1. The highest BCUT2D eigenvalue weighted by molar-refractivity contribution is 5.84. The van der Waals surface area contributed by atoms with E-state index in [1.54, 1.807) is 0 Å². The lowest BCUT2D eigenvalue weighted by Crippen LogP contribution is -2.46. The zero-order valence-corrected chi connectivity index (χ0v) is 16.4. The summed E-state index contributed by atoms with van der Waals surface area (Å²) >= 11 is 0. The van der Waals surface area contributed by atoms with E-state index >= 15 is 0 Å². The third-order valence-electron chi connectivity index (χ3n) is 5.92. The first kappa shape index (κ1) is 18.2. The lowest BCUT2D eigenvalue weighted by atomic mass is 9.73. The SMILES string of the molecule is Cc1cc(C)cc(-c2ccccc2CC2(C(=O)NC3CC3)CCOCC2)c1. The average molecular weight is 364 g/mol. The van der Waals surface area contributed by atoms with Crippen molar-refractivity contribution >= 4 is 5.91 Å². The molecule has 1 aliphatic carbocycles. The minimum absolute atomic E-state index is 0.225. The van der Waals surface area contributed by atoms with Crippen molar-refractivity contribution in [2.45, 2.75) is 52.0 Å². The van der Waals surface area contributed by atoms with Crippen molar-refractivity contribution in [1.82, 2.24) is 5.32 Å². The van der Waals surface area contributed by atoms with Gasteiger partial charge in [0.25, 0.3) is 0 Å². The van der Waals surface area contributed by atoms with E-state index in [1.165, 1.54) is 27.8 Å². The molecule has 1 N–H and O–H groups in total. The molecule has 0 atom stereocenters. The highest BCUT2D eigenvalue weighted by atomic mass is 16.5. The topological polar surface area (TPSA) is 38.3 Å². The third-order valence-corrected chi connectivity index (χ3v) is 5.92. The molecule has 2 aromatic carbocycles. The van der Waals surface area contributed by atoms with Crippen molar-refractivity contribution < 1.29 is 9.53 Å². The molecule has 2 aliphatic rings. The summed E-state index contributed by atoms with van der Waals surface area (Å²) in [5, 5.41) is 3.27. The second-order valence-corrected chi connectivity index (χ2v) is 8.35. The van der Waals surface area contributed by atoms with Crippen LogP contribution in [0.1, 0.15) is 42.4 Å². The van der Waals surface area contributed by atoms with E-state index in [0.29, 0.717) is 19.3 Å². The summed E-state index contributed by atoms with van der Waals surface area (Å²) in [5.74, 6) is 0.225. The molecule has 1 heterocycles. The van der Waals surface area contributed by atoms with Gasteiger partial charge in [0.05, 0.1) is 5.41 Å². The van der Waals surface area contributed by atoms with Gasteiger partial charge in [-0.2, -0.15) is 0 Å². The van der Waals surface area contributed by atoms with Gasteiger partial charge in [-0.1, -0.05) is 53.6 Å². The molecule has 142 valence electrons. The molecular formula is C24H29NO2. The molecule has 0 aromatic heterocycles. The van der Waals surface area contributed by atoms with E-state index in [2.05, 4.69) is 61.6 Å². The smallest absolute Gasteiger partial charge is 0.226 e. The van der Waals surface area contributed by atoms with E-state index in [1.807, 2.05) is 0 Å². The van der Waals surface area contributed by atoms with Gasteiger partial charge in [-0.25, -0.2) is 0 Å². The lowest BCUT2D eigenvalue weighted by Gasteiger charge is -2.36. The zero-order valence-electron chi connectivity index (χ0n) is 16.4. The van der Waals surface area contributed by atoms with Gasteiger partial charge in [0.1, 0.15) is 0 Å². The van der Waals surface area contributed by atoms with Crippen LogP contribution in [-0.4, -0.2) is 25.2 Å². The number of carbonyl (C=O) groups is 1. The summed E-state index contributed by atoms with van der Waals surface area (Å²) in [7, 11) is 0. The Bertz CT molecular complexity index is 812. The minimum atomic E-state index is -0.351. The molecule has 1 saturated carbocycles. The number of ether oxygens (including phenoxy) is 1. The standard InChI is InChI=1S/C24H29NO2/c1-17-13-18(2)15-20(14-17)22-6-4-3-5-19(22)16-24(9-11-27-12-10-24)23(26)25-21-7-8-21/h3-6,13-15,21H,7-12,16H2,1-2H3,(H,25,26). The fourth-order valence-corrected chi connectivity index (χ4v) is 4.26. The van der Waals surface area contributed by atoms with Crippen molar-refractivity contribution in [2.24, 2.45) is 5.41 Å². The maximum Gasteiger partial charge on any atom is 0.226 e. The number of hydrogen-bond acceptors (Lipinski definition) is 2. The zero-order chi connectivity index (χ0) is 18.9. The van der Waals surface area contributed by atoms with Gasteiger partial charge in [-0.05, 0) is 62.6 Å². The lowest BCUT2D eigenvalue weighted by molar-refractivity contribution is -0.136. The van der Waals surface area contributed by atoms with E-state index in [4.69, 9.17) is 4.74 Å². The molecule has 1 aliphatic heterocycles. The van der Waals surface area contributed by atoms with E-state index in [-0.39, 0.29) is 11.3 Å². The van der Waals surface area contributed by atoms with Crippen LogP contribution in [0, 0.1) is 19.3 Å². The fraction of sp³-hybridized carbons (Fsp3) is 0.458. The van der Waals surface area contributed by atoms with Crippen molar-refractivity contribution in [3.05, 3.63) is 59.2 Å². The monoisotopic (exact) mass is 363 g/mol. The van der Waals surface area contributed by atoms with Gasteiger partial charge in [-0.15, -0.1) is 0 Å². The Morgan fingerprint density at radius 3 is 2.41 bits per heavy atom. The Morgan fingerprint density at radius 2 is 1.74 bits per heavy atom. The van der Waals surface area contributed by atoms with Crippen LogP contribution < -0.4 is 5.32 Å². The fourth-order valence-electron chi connectivity index (χ4n) is 4.26. The molecule has 2 fully saturated rings. The molecule has 0 radical (unpaired) electrons. The Hall–Kier alpha value is -2.13. The van der Waals surface area contributed by atoms with Crippen LogP contribution >= 0.6 is 0 Å². The van der Waals surface area contributed by atoms with Gasteiger partial charge in [0.2, 0.25) is 5.91 Å². The molecule has 1 saturated heterocycles. The Balaban J connectivity index is 1.68. The first-order valence-electron chi connectivity index (χ1n) is 10.1. The van der Waals surface area contributed by atoms with Crippen molar-refractivity contribution in [3.8, 4) is 11.1 Å². The van der Waals surface area contributed by atoms with Crippen LogP contribution in [0.2, 0.25) is 0 Å². The van der Waals surface area contributed by atoms with Crippen LogP contribution in [0.15, 0.2) is 42.5 Å². The van der Waals surface area contributed by atoms with Crippen molar-refractivity contribution in [1.29, 1.82) is 0 Å². The van der Waals surface area contributed by atoms with Gasteiger partial charge in [0.15, 0.2) is 0 Å². The summed E-state index contributed by atoms with van der Waals surface area (Å²) < 4.78 is 5.60. The number of rotatable bonds is 5. The predicted octanol–water partition coefficient (Wildman–Crippen LogP) is 4.59. The molecule has 27 heavy (non-hydrogen) atoms. The molecule has 3 nitrogen and oxygen atoms in total. The number of carbonyl (C=O) groups excluding carboxylic acids is 1. The molecule has 1 amide bonds. The van der Waals surface area contributed by atoms with E-state index in [0.717, 1.165) is 32.1 Å². The van der Waals surface area contributed by atoms with Gasteiger partial charge >= 0.3 is 0 Å². The third kappa shape index (κ3) is 4.08. The van der Waals surface area contributed by atoms with Crippen LogP contribution in [0.4, 0.5) is 0 Å². The Kier molecular flexibility index (Phi) is 5.05. The van der Waals surface area contributed by atoms with Crippen molar-refractivity contribution in [2.75, 3.05) is 13.2 Å². The van der Waals surface area contributed by atoms with Crippen LogP contribution in [0.5, 0.6) is 0 Å². The second kappa shape index (κ2) is 7.47. The number of hydrogen-bond donors (Lipinski definition) is 1. The molecule has 0 bridgehead atoms. The number of amides is 1. The van der Waals surface area contributed by atoms with Crippen LogP contribution in [-0.2, 0) is 16.0 Å². The summed E-state index contributed by atoms with van der Waals surface area (Å²) in [6.07, 6.45) is 4.62. The minimum Gasteiger partial charge on any atom is -0.381 e. The maximum absolute atomic E-state index is 13.2. The van der Waals surface area contributed by atoms with Crippen LogP contribution in [0.3, 0.4) is 0 Å². The highest BCUT2D eigenvalue weighted by Gasteiger charge is 2.42. The second-order valence-electron chi connectivity index (χ2n) is 8.35. The molecule has 2 aromatic rings. The molecule has 4 rings (SSSR count). The summed E-state index contributed by atoms with van der Waals surface area (Å²) in [6.45, 7) is 5.62. The van der Waals surface area contributed by atoms with E-state index < -0.39 is 0 Å². The first-order valence-corrected chi connectivity index (χ1v) is 10.1. The number of nitrogens with one attached hydrogen (secondary N) is 1.